The number of carbonyl (C=O) groups is 2. The maximum absolute atomic E-state index is 13.5. The molecule has 2 heterocycles. The van der Waals surface area contributed by atoms with E-state index in [0.717, 1.165) is 29.1 Å². The number of allylic oxidation sites excluding steroid dienone is 2. The average Bonchev–Trinajstić information content (AvgIpc) is 3.42. The second-order valence-electron chi connectivity index (χ2n) is 6.96. The van der Waals surface area contributed by atoms with E-state index in [4.69, 9.17) is 0 Å². The number of nitrogens with zero attached hydrogens (tertiary/aromatic N) is 2. The van der Waals surface area contributed by atoms with Crippen LogP contribution >= 0.6 is 46.2 Å². The summed E-state index contributed by atoms with van der Waals surface area (Å²) in [5.41, 5.74) is 2.65. The van der Waals surface area contributed by atoms with Crippen LogP contribution in [0.5, 0.6) is 0 Å². The van der Waals surface area contributed by atoms with Crippen LogP contribution in [0, 0.1) is 0 Å². The lowest BCUT2D eigenvalue weighted by atomic mass is 9.94. The van der Waals surface area contributed by atoms with Gasteiger partial charge >= 0.3 is 0 Å². The molecule has 0 saturated carbocycles. The van der Waals surface area contributed by atoms with Crippen LogP contribution < -0.4 is 0 Å². The van der Waals surface area contributed by atoms with Crippen LogP contribution in [0.25, 0.3) is 20.4 Å². The Balaban J connectivity index is 1.47. The molecule has 0 fully saturated rings. The summed E-state index contributed by atoms with van der Waals surface area (Å²) in [7, 11) is 0. The fraction of sp³-hybridized carbons (Fsp3) is 0. The predicted octanol–water partition coefficient (Wildman–Crippen LogP) is 7.08. The highest BCUT2D eigenvalue weighted by atomic mass is 32.2. The molecule has 1 aliphatic rings. The van der Waals surface area contributed by atoms with E-state index in [-0.39, 0.29) is 11.6 Å². The van der Waals surface area contributed by atoms with Gasteiger partial charge in [0, 0.05) is 11.1 Å². The Bertz CT molecular complexity index is 1400. The van der Waals surface area contributed by atoms with Gasteiger partial charge in [-0.25, -0.2) is 9.97 Å². The van der Waals surface area contributed by atoms with Crippen molar-refractivity contribution in [1.29, 1.82) is 0 Å². The fourth-order valence-corrected chi connectivity index (χ4v) is 7.91. The number of hydrogen-bond acceptors (Lipinski definition) is 8. The van der Waals surface area contributed by atoms with Gasteiger partial charge in [-0.15, -0.1) is 22.7 Å². The van der Waals surface area contributed by atoms with Crippen LogP contribution in [0.2, 0.25) is 0 Å². The van der Waals surface area contributed by atoms with Crippen LogP contribution in [0.3, 0.4) is 0 Å². The van der Waals surface area contributed by atoms with Crippen molar-refractivity contribution in [3.05, 3.63) is 93.7 Å². The number of hydrogen-bond donors (Lipinski definition) is 0. The predicted molar refractivity (Wildman–Crippen MR) is 133 cm³/mol. The van der Waals surface area contributed by atoms with E-state index in [1.54, 1.807) is 24.3 Å². The molecule has 2 aromatic heterocycles. The first kappa shape index (κ1) is 19.9. The summed E-state index contributed by atoms with van der Waals surface area (Å²) in [6, 6.07) is 22.7. The molecule has 0 amide bonds. The van der Waals surface area contributed by atoms with Crippen molar-refractivity contribution >= 4 is 78.2 Å². The molecule has 0 bridgehead atoms. The standard InChI is InChI=1S/C24H12N2O2S4/c27-19-13-7-1-2-8-14(13)20(28)22(32-24-26-16-10-4-6-12-18(16)30-24)21(19)31-23-25-15-9-3-5-11-17(15)29-23/h1-12H. The second-order valence-corrected chi connectivity index (χ2v) is 11.5. The molecule has 3 aromatic carbocycles. The summed E-state index contributed by atoms with van der Waals surface area (Å²) in [6.45, 7) is 0. The first-order chi connectivity index (χ1) is 15.7. The van der Waals surface area contributed by atoms with E-state index < -0.39 is 0 Å². The molecule has 8 heteroatoms. The summed E-state index contributed by atoms with van der Waals surface area (Å²) in [5, 5.41) is 0. The largest absolute Gasteiger partial charge is 0.288 e. The summed E-state index contributed by atoms with van der Waals surface area (Å²) >= 11 is 5.58. The van der Waals surface area contributed by atoms with Gasteiger partial charge in [-0.3, -0.25) is 9.59 Å². The molecular weight excluding hydrogens is 477 g/mol. The molecule has 6 rings (SSSR count). The van der Waals surface area contributed by atoms with E-state index >= 15 is 0 Å². The van der Waals surface area contributed by atoms with Crippen molar-refractivity contribution in [3.8, 4) is 0 Å². The number of aromatic nitrogens is 2. The number of para-hydroxylation sites is 2. The molecular formula is C24H12N2O2S4. The summed E-state index contributed by atoms with van der Waals surface area (Å²) in [4.78, 5) is 37.1. The van der Waals surface area contributed by atoms with Crippen molar-refractivity contribution < 1.29 is 9.59 Å². The van der Waals surface area contributed by atoms with Gasteiger partial charge in [0.2, 0.25) is 11.6 Å². The Kier molecular flexibility index (Phi) is 4.95. The Morgan fingerprint density at radius 3 is 1.41 bits per heavy atom. The van der Waals surface area contributed by atoms with Gasteiger partial charge in [0.05, 0.1) is 30.2 Å². The quantitative estimate of drug-likeness (QED) is 0.269. The SMILES string of the molecule is O=C1C(Sc2nc3ccccc3s2)=C(Sc2nc3ccccc3s2)C(=O)c2ccccc21. The third kappa shape index (κ3) is 3.40. The molecule has 5 aromatic rings. The molecule has 154 valence electrons. The Morgan fingerprint density at radius 1 is 0.562 bits per heavy atom. The first-order valence-corrected chi connectivity index (χ1v) is 12.9. The van der Waals surface area contributed by atoms with Crippen molar-refractivity contribution in [3.63, 3.8) is 0 Å². The molecule has 0 radical (unpaired) electrons. The smallest absolute Gasteiger partial charge is 0.201 e. The minimum Gasteiger partial charge on any atom is -0.288 e. The molecule has 0 unspecified atom stereocenters. The Labute approximate surface area is 199 Å². The summed E-state index contributed by atoms with van der Waals surface area (Å²) < 4.78 is 3.57. The molecule has 0 aliphatic heterocycles. The number of fused-ring (bicyclic) bond motifs is 3. The highest BCUT2D eigenvalue weighted by Crippen LogP contribution is 2.46. The van der Waals surface area contributed by atoms with E-state index in [1.807, 2.05) is 48.5 Å². The highest BCUT2D eigenvalue weighted by molar-refractivity contribution is 8.09. The van der Waals surface area contributed by atoms with Gasteiger partial charge in [0.25, 0.3) is 0 Å². The van der Waals surface area contributed by atoms with Crippen molar-refractivity contribution in [2.24, 2.45) is 0 Å². The van der Waals surface area contributed by atoms with Crippen LogP contribution in [0.1, 0.15) is 20.7 Å². The van der Waals surface area contributed by atoms with Gasteiger partial charge in [-0.1, -0.05) is 72.1 Å². The lowest BCUT2D eigenvalue weighted by molar-refractivity contribution is 0.0988. The van der Waals surface area contributed by atoms with Crippen LogP contribution in [-0.4, -0.2) is 21.5 Å². The topological polar surface area (TPSA) is 59.9 Å². The third-order valence-corrected chi connectivity index (χ3v) is 9.47. The van der Waals surface area contributed by atoms with E-state index in [0.29, 0.717) is 20.9 Å². The highest BCUT2D eigenvalue weighted by Gasteiger charge is 2.34. The third-order valence-electron chi connectivity index (χ3n) is 4.96. The zero-order valence-corrected chi connectivity index (χ0v) is 19.5. The molecule has 0 N–H and O–H groups in total. The normalized spacial score (nSPS) is 13.9. The zero-order chi connectivity index (χ0) is 21.7. The molecule has 4 nitrogen and oxygen atoms in total. The molecule has 1 aliphatic carbocycles. The average molecular weight is 489 g/mol. The van der Waals surface area contributed by atoms with Crippen LogP contribution in [-0.2, 0) is 0 Å². The van der Waals surface area contributed by atoms with Crippen molar-refractivity contribution in [2.75, 3.05) is 0 Å². The zero-order valence-electron chi connectivity index (χ0n) is 16.3. The van der Waals surface area contributed by atoms with Gasteiger partial charge in [-0.2, -0.15) is 0 Å². The second kappa shape index (κ2) is 7.97. The first-order valence-electron chi connectivity index (χ1n) is 9.67. The molecule has 0 saturated heterocycles. The number of thioether (sulfide) groups is 2. The van der Waals surface area contributed by atoms with E-state index in [9.17, 15) is 9.59 Å². The molecule has 0 atom stereocenters. The van der Waals surface area contributed by atoms with Gasteiger partial charge in [0.15, 0.2) is 8.68 Å². The van der Waals surface area contributed by atoms with Gasteiger partial charge in [-0.05, 0) is 24.3 Å². The fourth-order valence-electron chi connectivity index (χ4n) is 3.48. The lowest BCUT2D eigenvalue weighted by Crippen LogP contribution is -2.19. The van der Waals surface area contributed by atoms with Crippen LogP contribution in [0.15, 0.2) is 91.3 Å². The van der Waals surface area contributed by atoms with E-state index in [2.05, 4.69) is 9.97 Å². The van der Waals surface area contributed by atoms with Crippen LogP contribution in [0.4, 0.5) is 0 Å². The van der Waals surface area contributed by atoms with Gasteiger partial charge < -0.3 is 0 Å². The number of ketones is 2. The number of benzene rings is 3. The van der Waals surface area contributed by atoms with Crippen molar-refractivity contribution in [1.82, 2.24) is 9.97 Å². The maximum atomic E-state index is 13.5. The monoisotopic (exact) mass is 488 g/mol. The molecule has 0 spiro atoms. The summed E-state index contributed by atoms with van der Waals surface area (Å²) in [5.74, 6) is -0.291. The molecule has 32 heavy (non-hydrogen) atoms. The van der Waals surface area contributed by atoms with E-state index in [1.165, 1.54) is 46.2 Å². The van der Waals surface area contributed by atoms with Crippen molar-refractivity contribution in [2.45, 2.75) is 8.68 Å². The summed E-state index contributed by atoms with van der Waals surface area (Å²) in [6.07, 6.45) is 0. The maximum Gasteiger partial charge on any atom is 0.201 e. The number of thiazole rings is 2. The number of rotatable bonds is 4. The Morgan fingerprint density at radius 2 is 0.969 bits per heavy atom. The lowest BCUT2D eigenvalue weighted by Gasteiger charge is -2.18. The minimum absolute atomic E-state index is 0.145. The minimum atomic E-state index is -0.145. The Hall–Kier alpha value is -2.78. The number of Topliss-reactive ketones (excluding diaryl/α,β-unsaturated/α-hetero) is 2. The number of carbonyl (C=O) groups excluding carboxylic acids is 2. The van der Waals surface area contributed by atoms with Gasteiger partial charge in [0.1, 0.15) is 0 Å².